The Hall–Kier alpha value is -1.48. The molecule has 28 heavy (non-hydrogen) atoms. The minimum absolute atomic E-state index is 0.0536. The van der Waals surface area contributed by atoms with Gasteiger partial charge in [-0.2, -0.15) is 4.31 Å². The van der Waals surface area contributed by atoms with Gasteiger partial charge >= 0.3 is 0 Å². The van der Waals surface area contributed by atoms with Crippen molar-refractivity contribution in [3.63, 3.8) is 0 Å². The number of piperazine rings is 1. The molecule has 0 bridgehead atoms. The van der Waals surface area contributed by atoms with Gasteiger partial charge in [-0.05, 0) is 30.7 Å². The molecule has 3 rings (SSSR count). The fourth-order valence-electron chi connectivity index (χ4n) is 3.21. The van der Waals surface area contributed by atoms with Crippen LogP contribution in [0.3, 0.4) is 0 Å². The second kappa shape index (κ2) is 8.10. The van der Waals surface area contributed by atoms with Crippen molar-refractivity contribution in [2.24, 2.45) is 0 Å². The van der Waals surface area contributed by atoms with Crippen LogP contribution in [0.2, 0.25) is 0 Å². The molecule has 8 heteroatoms. The molecule has 1 saturated heterocycles. The lowest BCUT2D eigenvalue weighted by Crippen LogP contribution is -2.48. The minimum atomic E-state index is -3.48. The molecule has 0 atom stereocenters. The third-order valence-corrected chi connectivity index (χ3v) is 7.74. The topological polar surface area (TPSA) is 62.7 Å². The summed E-state index contributed by atoms with van der Waals surface area (Å²) in [6, 6.07) is 5.02. The van der Waals surface area contributed by atoms with Crippen molar-refractivity contribution in [2.45, 2.75) is 44.6 Å². The van der Waals surface area contributed by atoms with E-state index in [-0.39, 0.29) is 5.41 Å². The third kappa shape index (κ3) is 4.56. The molecule has 0 spiro atoms. The molecular weight excluding hydrogens is 394 g/mol. The largest absolute Gasteiger partial charge is 0.496 e. The van der Waals surface area contributed by atoms with Gasteiger partial charge < -0.3 is 4.74 Å². The highest BCUT2D eigenvalue weighted by Gasteiger charge is 2.29. The van der Waals surface area contributed by atoms with E-state index in [1.54, 1.807) is 41.0 Å². The Morgan fingerprint density at radius 2 is 1.86 bits per heavy atom. The summed E-state index contributed by atoms with van der Waals surface area (Å²) in [4.78, 5) is 7.35. The monoisotopic (exact) mass is 423 g/mol. The molecule has 154 valence electrons. The van der Waals surface area contributed by atoms with Crippen molar-refractivity contribution in [1.29, 1.82) is 0 Å². The number of aromatic nitrogens is 1. The zero-order valence-electron chi connectivity index (χ0n) is 17.2. The lowest BCUT2D eigenvalue weighted by molar-refractivity contribution is 0.181. The van der Waals surface area contributed by atoms with Gasteiger partial charge in [0.25, 0.3) is 0 Å². The van der Waals surface area contributed by atoms with E-state index in [0.717, 1.165) is 22.8 Å². The lowest BCUT2D eigenvalue weighted by Gasteiger charge is -2.33. The molecule has 1 aromatic carbocycles. The Balaban J connectivity index is 1.63. The molecule has 1 aliphatic rings. The third-order valence-electron chi connectivity index (χ3n) is 5.01. The molecular formula is C20H29N3O3S2. The smallest absolute Gasteiger partial charge is 0.243 e. The number of thiazole rings is 1. The first kappa shape index (κ1) is 21.2. The Kier molecular flexibility index (Phi) is 6.14. The Bertz CT molecular complexity index is 924. The van der Waals surface area contributed by atoms with Crippen molar-refractivity contribution >= 4 is 21.4 Å². The molecule has 0 N–H and O–H groups in total. The average molecular weight is 424 g/mol. The Morgan fingerprint density at radius 3 is 2.39 bits per heavy atom. The predicted molar refractivity (Wildman–Crippen MR) is 113 cm³/mol. The summed E-state index contributed by atoms with van der Waals surface area (Å²) in [6.45, 7) is 11.5. The standard InChI is InChI=1S/C20H29N3O3S2/c1-15-12-16(6-7-17(15)26-5)28(24,25)23-10-8-22(9-11-23)13-19-21-18(14-27-19)20(2,3)4/h6-7,12,14H,8-11,13H2,1-5H3. The van der Waals surface area contributed by atoms with Gasteiger partial charge in [-0.3, -0.25) is 4.90 Å². The Morgan fingerprint density at radius 1 is 1.18 bits per heavy atom. The van der Waals surface area contributed by atoms with Crippen molar-refractivity contribution < 1.29 is 13.2 Å². The van der Waals surface area contributed by atoms with Gasteiger partial charge in [0, 0.05) is 37.0 Å². The quantitative estimate of drug-likeness (QED) is 0.739. The molecule has 1 fully saturated rings. The minimum Gasteiger partial charge on any atom is -0.496 e. The van der Waals surface area contributed by atoms with Crippen LogP contribution < -0.4 is 4.74 Å². The summed E-state index contributed by atoms with van der Waals surface area (Å²) >= 11 is 1.68. The normalized spacial score (nSPS) is 17.0. The molecule has 0 unspecified atom stereocenters. The second-order valence-electron chi connectivity index (χ2n) is 8.19. The first-order valence-electron chi connectivity index (χ1n) is 9.43. The summed E-state index contributed by atoms with van der Waals surface area (Å²) < 4.78 is 32.8. The van der Waals surface area contributed by atoms with Crippen LogP contribution >= 0.6 is 11.3 Å². The van der Waals surface area contributed by atoms with E-state index in [9.17, 15) is 8.42 Å². The number of sulfonamides is 1. The molecule has 1 aromatic heterocycles. The predicted octanol–water partition coefficient (Wildman–Crippen LogP) is 3.26. The molecule has 0 radical (unpaired) electrons. The van der Waals surface area contributed by atoms with Gasteiger partial charge in [0.05, 0.1) is 24.2 Å². The van der Waals surface area contributed by atoms with Gasteiger partial charge in [-0.1, -0.05) is 20.8 Å². The fraction of sp³-hybridized carbons (Fsp3) is 0.550. The molecule has 1 aliphatic heterocycles. The van der Waals surface area contributed by atoms with Crippen LogP contribution in [0, 0.1) is 6.92 Å². The highest BCUT2D eigenvalue weighted by molar-refractivity contribution is 7.89. The fourth-order valence-corrected chi connectivity index (χ4v) is 5.78. The maximum absolute atomic E-state index is 13.0. The summed E-state index contributed by atoms with van der Waals surface area (Å²) in [7, 11) is -1.90. The zero-order chi connectivity index (χ0) is 20.5. The van der Waals surface area contributed by atoms with Crippen molar-refractivity contribution in [3.05, 3.63) is 39.8 Å². The summed E-state index contributed by atoms with van der Waals surface area (Å²) in [6.07, 6.45) is 0. The lowest BCUT2D eigenvalue weighted by atomic mass is 9.93. The van der Waals surface area contributed by atoms with Crippen molar-refractivity contribution in [1.82, 2.24) is 14.2 Å². The van der Waals surface area contributed by atoms with E-state index >= 15 is 0 Å². The maximum Gasteiger partial charge on any atom is 0.243 e. The first-order valence-corrected chi connectivity index (χ1v) is 11.8. The molecule has 0 aliphatic carbocycles. The van der Waals surface area contributed by atoms with Gasteiger partial charge in [-0.15, -0.1) is 11.3 Å². The Labute approximate surface area is 172 Å². The number of methoxy groups -OCH3 is 1. The van der Waals surface area contributed by atoms with Crippen LogP contribution in [0.1, 0.15) is 37.0 Å². The van der Waals surface area contributed by atoms with Gasteiger partial charge in [-0.25, -0.2) is 13.4 Å². The highest BCUT2D eigenvalue weighted by Crippen LogP contribution is 2.26. The SMILES string of the molecule is COc1ccc(S(=O)(=O)N2CCN(Cc3nc(C(C)(C)C)cs3)CC2)cc1C. The highest BCUT2D eigenvalue weighted by atomic mass is 32.2. The number of aryl methyl sites for hydroxylation is 1. The zero-order valence-corrected chi connectivity index (χ0v) is 18.9. The van der Waals surface area contributed by atoms with E-state index in [4.69, 9.17) is 9.72 Å². The van der Waals surface area contributed by atoms with Crippen LogP contribution in [0.15, 0.2) is 28.5 Å². The van der Waals surface area contributed by atoms with Crippen LogP contribution in [-0.2, 0) is 22.0 Å². The molecule has 2 aromatic rings. The molecule has 0 saturated carbocycles. The number of hydrogen-bond donors (Lipinski definition) is 0. The molecule has 0 amide bonds. The van der Waals surface area contributed by atoms with E-state index in [1.807, 2.05) is 6.92 Å². The van der Waals surface area contributed by atoms with Crippen LogP contribution in [-0.4, -0.2) is 55.9 Å². The number of benzene rings is 1. The van der Waals surface area contributed by atoms with E-state index in [1.165, 1.54) is 0 Å². The second-order valence-corrected chi connectivity index (χ2v) is 11.1. The van der Waals surface area contributed by atoms with Crippen LogP contribution in [0.25, 0.3) is 0 Å². The van der Waals surface area contributed by atoms with Gasteiger partial charge in [0.2, 0.25) is 10.0 Å². The van der Waals surface area contributed by atoms with Crippen molar-refractivity contribution in [2.75, 3.05) is 33.3 Å². The molecule has 6 nitrogen and oxygen atoms in total. The van der Waals surface area contributed by atoms with E-state index < -0.39 is 10.0 Å². The van der Waals surface area contributed by atoms with E-state index in [2.05, 4.69) is 31.1 Å². The number of nitrogens with zero attached hydrogens (tertiary/aromatic N) is 3. The summed E-state index contributed by atoms with van der Waals surface area (Å²) in [5.74, 6) is 0.696. The molecule has 2 heterocycles. The van der Waals surface area contributed by atoms with E-state index in [0.29, 0.717) is 36.8 Å². The first-order chi connectivity index (χ1) is 13.1. The van der Waals surface area contributed by atoms with Crippen LogP contribution in [0.5, 0.6) is 5.75 Å². The van der Waals surface area contributed by atoms with Gasteiger partial charge in [0.1, 0.15) is 10.8 Å². The average Bonchev–Trinajstić information content (AvgIpc) is 3.11. The number of rotatable bonds is 5. The van der Waals surface area contributed by atoms with Crippen molar-refractivity contribution in [3.8, 4) is 5.75 Å². The maximum atomic E-state index is 13.0. The summed E-state index contributed by atoms with van der Waals surface area (Å²) in [5, 5.41) is 3.22. The van der Waals surface area contributed by atoms with Gasteiger partial charge in [0.15, 0.2) is 0 Å². The number of hydrogen-bond acceptors (Lipinski definition) is 6. The number of ether oxygens (including phenoxy) is 1. The summed E-state index contributed by atoms with van der Waals surface area (Å²) in [5.41, 5.74) is 1.99. The van der Waals surface area contributed by atoms with Crippen LogP contribution in [0.4, 0.5) is 0 Å².